The highest BCUT2D eigenvalue weighted by atomic mass is 19.1. The Kier molecular flexibility index (Phi) is 5.26. The van der Waals surface area contributed by atoms with E-state index < -0.39 is 18.0 Å². The van der Waals surface area contributed by atoms with Crippen LogP contribution in [0.4, 0.5) is 9.18 Å². The Bertz CT molecular complexity index is 819. The fraction of sp³-hybridized carbons (Fsp3) is 0.211. The molecule has 1 aliphatic rings. The summed E-state index contributed by atoms with van der Waals surface area (Å²) in [5, 5.41) is 7.20. The van der Waals surface area contributed by atoms with Crippen LogP contribution < -0.4 is 16.0 Å². The van der Waals surface area contributed by atoms with E-state index >= 15 is 0 Å². The maximum Gasteiger partial charge on any atom is 0.322 e. The molecular formula is C19H18FN3O3. The van der Waals surface area contributed by atoms with Gasteiger partial charge in [-0.25, -0.2) is 9.18 Å². The lowest BCUT2D eigenvalue weighted by Gasteiger charge is -2.09. The van der Waals surface area contributed by atoms with E-state index in [4.69, 9.17) is 0 Å². The molecule has 0 aliphatic carbocycles. The average molecular weight is 355 g/mol. The molecule has 3 rings (SSSR count). The van der Waals surface area contributed by atoms with Crippen molar-refractivity contribution in [2.45, 2.75) is 18.9 Å². The third-order valence-corrected chi connectivity index (χ3v) is 4.12. The number of amides is 4. The van der Waals surface area contributed by atoms with Crippen molar-refractivity contribution >= 4 is 17.8 Å². The van der Waals surface area contributed by atoms with E-state index in [1.807, 2.05) is 24.3 Å². The Morgan fingerprint density at radius 1 is 1.00 bits per heavy atom. The molecule has 7 heteroatoms. The Morgan fingerprint density at radius 3 is 2.19 bits per heavy atom. The van der Waals surface area contributed by atoms with Crippen molar-refractivity contribution in [2.24, 2.45) is 0 Å². The monoisotopic (exact) mass is 355 g/mol. The highest BCUT2D eigenvalue weighted by molar-refractivity contribution is 6.05. The van der Waals surface area contributed by atoms with Gasteiger partial charge in [-0.2, -0.15) is 0 Å². The number of imide groups is 1. The summed E-state index contributed by atoms with van der Waals surface area (Å²) in [5.41, 5.74) is 2.96. The first-order valence-corrected chi connectivity index (χ1v) is 8.24. The minimum Gasteiger partial charge on any atom is -0.356 e. The topological polar surface area (TPSA) is 87.3 Å². The van der Waals surface area contributed by atoms with Gasteiger partial charge in [-0.3, -0.25) is 14.9 Å². The van der Waals surface area contributed by atoms with Crippen LogP contribution in [0.2, 0.25) is 0 Å². The van der Waals surface area contributed by atoms with Gasteiger partial charge in [0.1, 0.15) is 11.9 Å². The average Bonchev–Trinajstić information content (AvgIpc) is 2.93. The first-order valence-electron chi connectivity index (χ1n) is 8.24. The summed E-state index contributed by atoms with van der Waals surface area (Å²) in [6.07, 6.45) is 0.555. The molecule has 0 bridgehead atoms. The second-order valence-electron chi connectivity index (χ2n) is 6.02. The Balaban J connectivity index is 1.46. The number of rotatable bonds is 6. The van der Waals surface area contributed by atoms with Gasteiger partial charge in [-0.05, 0) is 35.2 Å². The summed E-state index contributed by atoms with van der Waals surface area (Å²) in [6, 6.07) is 12.7. The molecule has 0 radical (unpaired) electrons. The lowest BCUT2D eigenvalue weighted by Crippen LogP contribution is -2.36. The fourth-order valence-corrected chi connectivity index (χ4v) is 2.71. The number of urea groups is 1. The van der Waals surface area contributed by atoms with Crippen LogP contribution in [0.1, 0.15) is 12.0 Å². The van der Waals surface area contributed by atoms with Crippen molar-refractivity contribution in [2.75, 3.05) is 6.54 Å². The van der Waals surface area contributed by atoms with E-state index in [1.54, 1.807) is 12.1 Å². The number of hydrogen-bond acceptors (Lipinski definition) is 3. The van der Waals surface area contributed by atoms with E-state index in [1.165, 1.54) is 12.1 Å². The second-order valence-corrected chi connectivity index (χ2v) is 6.02. The van der Waals surface area contributed by atoms with Gasteiger partial charge in [-0.15, -0.1) is 0 Å². The first-order chi connectivity index (χ1) is 12.5. The summed E-state index contributed by atoms with van der Waals surface area (Å²) in [6.45, 7) is 0.428. The van der Waals surface area contributed by atoms with Crippen molar-refractivity contribution in [3.8, 4) is 11.1 Å². The van der Waals surface area contributed by atoms with E-state index in [9.17, 15) is 18.8 Å². The quantitative estimate of drug-likeness (QED) is 0.690. The highest BCUT2D eigenvalue weighted by Gasteiger charge is 2.30. The molecule has 4 amide bonds. The number of carbonyl (C=O) groups excluding carboxylic acids is 3. The molecule has 1 aliphatic heterocycles. The van der Waals surface area contributed by atoms with E-state index in [2.05, 4.69) is 16.0 Å². The van der Waals surface area contributed by atoms with Gasteiger partial charge in [0, 0.05) is 6.54 Å². The number of carbonyl (C=O) groups is 3. The zero-order chi connectivity index (χ0) is 18.5. The summed E-state index contributed by atoms with van der Waals surface area (Å²) in [5.74, 6) is -1.05. The van der Waals surface area contributed by atoms with Crippen LogP contribution in [0.15, 0.2) is 48.5 Å². The predicted octanol–water partition coefficient (Wildman–Crippen LogP) is 1.75. The molecule has 134 valence electrons. The molecule has 3 N–H and O–H groups in total. The van der Waals surface area contributed by atoms with Gasteiger partial charge in [0.05, 0.1) is 6.42 Å². The first kappa shape index (κ1) is 17.6. The van der Waals surface area contributed by atoms with Crippen molar-refractivity contribution < 1.29 is 18.8 Å². The third kappa shape index (κ3) is 4.44. The zero-order valence-electron chi connectivity index (χ0n) is 13.9. The van der Waals surface area contributed by atoms with Crippen LogP contribution in [-0.2, 0) is 16.0 Å². The van der Waals surface area contributed by atoms with Gasteiger partial charge in [0.25, 0.3) is 5.91 Å². The predicted molar refractivity (Wildman–Crippen MR) is 93.6 cm³/mol. The summed E-state index contributed by atoms with van der Waals surface area (Å²) >= 11 is 0. The molecule has 1 atom stereocenters. The smallest absolute Gasteiger partial charge is 0.322 e. The van der Waals surface area contributed by atoms with Crippen molar-refractivity contribution in [3.05, 3.63) is 59.9 Å². The molecule has 2 aromatic carbocycles. The lowest BCUT2D eigenvalue weighted by atomic mass is 10.0. The maximum absolute atomic E-state index is 13.0. The van der Waals surface area contributed by atoms with Crippen LogP contribution in [0.3, 0.4) is 0 Å². The molecule has 0 spiro atoms. The van der Waals surface area contributed by atoms with Crippen LogP contribution >= 0.6 is 0 Å². The largest absolute Gasteiger partial charge is 0.356 e. The normalized spacial score (nSPS) is 16.1. The SMILES string of the molecule is O=C(CC1NC(=O)NC1=O)NCCc1ccc(-c2ccc(F)cc2)cc1. The van der Waals surface area contributed by atoms with Crippen LogP contribution in [0, 0.1) is 5.82 Å². The molecule has 1 unspecified atom stereocenters. The van der Waals surface area contributed by atoms with Gasteiger partial charge in [0.2, 0.25) is 5.91 Å². The summed E-state index contributed by atoms with van der Waals surface area (Å²) in [7, 11) is 0. The molecule has 1 heterocycles. The third-order valence-electron chi connectivity index (χ3n) is 4.12. The summed E-state index contributed by atoms with van der Waals surface area (Å²) < 4.78 is 13.0. The van der Waals surface area contributed by atoms with Crippen molar-refractivity contribution in [1.29, 1.82) is 0 Å². The summed E-state index contributed by atoms with van der Waals surface area (Å²) in [4.78, 5) is 34.2. The molecule has 0 saturated carbocycles. The number of halogens is 1. The minimum atomic E-state index is -0.808. The number of benzene rings is 2. The molecule has 0 aromatic heterocycles. The fourth-order valence-electron chi connectivity index (χ4n) is 2.71. The highest BCUT2D eigenvalue weighted by Crippen LogP contribution is 2.20. The molecule has 2 aromatic rings. The Hall–Kier alpha value is -3.22. The minimum absolute atomic E-state index is 0.0823. The zero-order valence-corrected chi connectivity index (χ0v) is 13.9. The van der Waals surface area contributed by atoms with E-state index in [-0.39, 0.29) is 18.1 Å². The molecule has 1 saturated heterocycles. The van der Waals surface area contributed by atoms with E-state index in [0.717, 1.165) is 16.7 Å². The van der Waals surface area contributed by atoms with Crippen molar-refractivity contribution in [1.82, 2.24) is 16.0 Å². The van der Waals surface area contributed by atoms with Gasteiger partial charge >= 0.3 is 6.03 Å². The van der Waals surface area contributed by atoms with Crippen molar-refractivity contribution in [3.63, 3.8) is 0 Å². The Morgan fingerprint density at radius 2 is 1.62 bits per heavy atom. The standard InChI is InChI=1S/C19H18FN3O3/c20-15-7-5-14(6-8-15)13-3-1-12(2-4-13)9-10-21-17(24)11-16-18(25)23-19(26)22-16/h1-8,16H,9-11H2,(H,21,24)(H2,22,23,25,26). The molecule has 26 heavy (non-hydrogen) atoms. The van der Waals surface area contributed by atoms with Crippen LogP contribution in [0.25, 0.3) is 11.1 Å². The lowest BCUT2D eigenvalue weighted by molar-refractivity contribution is -0.126. The second kappa shape index (κ2) is 7.77. The molecule has 1 fully saturated rings. The Labute approximate surface area is 149 Å². The van der Waals surface area contributed by atoms with Gasteiger partial charge in [-0.1, -0.05) is 36.4 Å². The number of nitrogens with one attached hydrogen (secondary N) is 3. The van der Waals surface area contributed by atoms with Crippen LogP contribution in [-0.4, -0.2) is 30.4 Å². The van der Waals surface area contributed by atoms with Gasteiger partial charge in [0.15, 0.2) is 0 Å². The molecular weight excluding hydrogens is 337 g/mol. The van der Waals surface area contributed by atoms with Crippen LogP contribution in [0.5, 0.6) is 0 Å². The molecule has 6 nitrogen and oxygen atoms in total. The maximum atomic E-state index is 13.0. The van der Waals surface area contributed by atoms with E-state index in [0.29, 0.717) is 13.0 Å². The van der Waals surface area contributed by atoms with Gasteiger partial charge < -0.3 is 10.6 Å². The number of hydrogen-bond donors (Lipinski definition) is 3.